The molecule has 0 radical (unpaired) electrons. The third-order valence-electron chi connectivity index (χ3n) is 4.27. The van der Waals surface area contributed by atoms with Crippen molar-refractivity contribution in [3.63, 3.8) is 0 Å². The maximum absolute atomic E-state index is 11.1. The number of nitrogens with one attached hydrogen (secondary N) is 4. The summed E-state index contributed by atoms with van der Waals surface area (Å²) < 4.78 is 0. The Bertz CT molecular complexity index is 431. The lowest BCUT2D eigenvalue weighted by atomic mass is 10.2. The summed E-state index contributed by atoms with van der Waals surface area (Å²) in [6.07, 6.45) is 9.63. The predicted molar refractivity (Wildman–Crippen MR) is 125 cm³/mol. The summed E-state index contributed by atoms with van der Waals surface area (Å²) in [5, 5.41) is 12.2. The molecule has 0 spiro atoms. The van der Waals surface area contributed by atoms with E-state index in [1.54, 1.807) is 0 Å². The summed E-state index contributed by atoms with van der Waals surface area (Å²) in [6, 6.07) is 0. The molecule has 162 valence electrons. The molecule has 8 heteroatoms. The van der Waals surface area contributed by atoms with Gasteiger partial charge in [0.05, 0.1) is 0 Å². The molecule has 0 aliphatic heterocycles. The number of rotatable bonds is 16. The van der Waals surface area contributed by atoms with Gasteiger partial charge in [-0.2, -0.15) is 0 Å². The molecule has 0 aliphatic carbocycles. The van der Waals surface area contributed by atoms with Gasteiger partial charge in [-0.15, -0.1) is 0 Å². The van der Waals surface area contributed by atoms with Crippen LogP contribution < -0.4 is 21.3 Å². The molecule has 0 heterocycles. The van der Waals surface area contributed by atoms with Crippen LogP contribution in [0.4, 0.5) is 0 Å². The lowest BCUT2D eigenvalue weighted by molar-refractivity contribution is -0.121. The molecule has 0 aromatic carbocycles. The molecule has 0 aliphatic rings. The third-order valence-corrected chi connectivity index (χ3v) is 5.10. The Morgan fingerprint density at radius 1 is 0.536 bits per heavy atom. The summed E-state index contributed by atoms with van der Waals surface area (Å²) in [5.41, 5.74) is 0. The predicted octanol–water partition coefficient (Wildman–Crippen LogP) is 2.99. The molecule has 4 N–H and O–H groups in total. The molecule has 0 bridgehead atoms. The number of carbonyl (C=O) groups excluding carboxylic acids is 2. The fourth-order valence-corrected chi connectivity index (χ4v) is 2.83. The molecule has 0 atom stereocenters. The molecule has 28 heavy (non-hydrogen) atoms. The van der Waals surface area contributed by atoms with Gasteiger partial charge in [-0.3, -0.25) is 9.59 Å². The summed E-state index contributed by atoms with van der Waals surface area (Å²) in [6.45, 7) is 6.90. The maximum Gasteiger partial charge on any atom is 0.219 e. The van der Waals surface area contributed by atoms with E-state index in [2.05, 4.69) is 21.3 Å². The molecule has 0 unspecified atom stereocenters. The van der Waals surface area contributed by atoms with Crippen LogP contribution in [0.2, 0.25) is 0 Å². The van der Waals surface area contributed by atoms with Gasteiger partial charge in [0.25, 0.3) is 0 Å². The average Bonchev–Trinajstić information content (AvgIpc) is 2.70. The molecule has 2 amide bonds. The standard InChI is InChI=1S/C20H38N4O2S2/c1-3-17(25)21-13-9-5-7-11-15-23-19(27)20(28)24-16-12-8-6-10-14-22-18(26)4-2/h3-16H2,1-2H3,(H,21,25)(H,22,26)(H,23,27)(H,24,28). The van der Waals surface area contributed by atoms with Crippen molar-refractivity contribution in [3.05, 3.63) is 0 Å². The third kappa shape index (κ3) is 16.9. The van der Waals surface area contributed by atoms with Gasteiger partial charge in [-0.1, -0.05) is 64.0 Å². The average molecular weight is 431 g/mol. The number of thiocarbonyl (C=S) groups is 2. The van der Waals surface area contributed by atoms with Crippen LogP contribution >= 0.6 is 24.4 Å². The van der Waals surface area contributed by atoms with Gasteiger partial charge in [0.15, 0.2) is 0 Å². The van der Waals surface area contributed by atoms with Gasteiger partial charge in [0.1, 0.15) is 9.98 Å². The number of unbranched alkanes of at least 4 members (excludes halogenated alkanes) is 6. The monoisotopic (exact) mass is 430 g/mol. The van der Waals surface area contributed by atoms with Gasteiger partial charge in [-0.05, 0) is 25.7 Å². The van der Waals surface area contributed by atoms with E-state index in [1.165, 1.54) is 0 Å². The van der Waals surface area contributed by atoms with E-state index in [1.807, 2.05) is 13.8 Å². The first-order valence-corrected chi connectivity index (χ1v) is 11.4. The first kappa shape index (κ1) is 26.7. The van der Waals surface area contributed by atoms with Gasteiger partial charge >= 0.3 is 0 Å². The van der Waals surface area contributed by atoms with Crippen molar-refractivity contribution in [2.75, 3.05) is 26.2 Å². The van der Waals surface area contributed by atoms with Gasteiger partial charge < -0.3 is 21.3 Å². The van der Waals surface area contributed by atoms with E-state index >= 15 is 0 Å². The Morgan fingerprint density at radius 2 is 0.821 bits per heavy atom. The van der Waals surface area contributed by atoms with Crippen LogP contribution in [0.3, 0.4) is 0 Å². The lowest BCUT2D eigenvalue weighted by Gasteiger charge is -2.11. The molecule has 6 nitrogen and oxygen atoms in total. The minimum absolute atomic E-state index is 0.119. The van der Waals surface area contributed by atoms with Crippen molar-refractivity contribution in [2.45, 2.75) is 78.1 Å². The van der Waals surface area contributed by atoms with Crippen molar-refractivity contribution >= 4 is 46.2 Å². The quantitative estimate of drug-likeness (QED) is 0.223. The summed E-state index contributed by atoms with van der Waals surface area (Å²) >= 11 is 10.6. The van der Waals surface area contributed by atoms with Gasteiger partial charge in [0.2, 0.25) is 11.8 Å². The van der Waals surface area contributed by atoms with Gasteiger partial charge in [-0.25, -0.2) is 0 Å². The van der Waals surface area contributed by atoms with Crippen LogP contribution in [0.1, 0.15) is 78.1 Å². The molecule has 0 rings (SSSR count). The fourth-order valence-electron chi connectivity index (χ4n) is 2.48. The van der Waals surface area contributed by atoms with E-state index < -0.39 is 0 Å². The van der Waals surface area contributed by atoms with Crippen molar-refractivity contribution < 1.29 is 9.59 Å². The Hall–Kier alpha value is -1.28. The molecule has 0 saturated carbocycles. The minimum Gasteiger partial charge on any atom is -0.374 e. The Morgan fingerprint density at radius 3 is 1.11 bits per heavy atom. The summed E-state index contributed by atoms with van der Waals surface area (Å²) in [4.78, 5) is 23.4. The fraction of sp³-hybridized carbons (Fsp3) is 0.800. The number of hydrogen-bond donors (Lipinski definition) is 4. The second kappa shape index (κ2) is 19.1. The zero-order valence-corrected chi connectivity index (χ0v) is 19.2. The highest BCUT2D eigenvalue weighted by Gasteiger charge is 2.03. The van der Waals surface area contributed by atoms with Crippen LogP contribution in [-0.4, -0.2) is 48.0 Å². The highest BCUT2D eigenvalue weighted by Crippen LogP contribution is 1.99. The zero-order chi connectivity index (χ0) is 21.0. The molecular weight excluding hydrogens is 392 g/mol. The molecule has 0 fully saturated rings. The number of carbonyl (C=O) groups is 2. The highest BCUT2D eigenvalue weighted by atomic mass is 32.1. The van der Waals surface area contributed by atoms with Crippen LogP contribution in [0, 0.1) is 0 Å². The zero-order valence-electron chi connectivity index (χ0n) is 17.5. The van der Waals surface area contributed by atoms with Crippen LogP contribution in [0.15, 0.2) is 0 Å². The Kier molecular flexibility index (Phi) is 18.2. The van der Waals surface area contributed by atoms with E-state index in [0.29, 0.717) is 22.8 Å². The second-order valence-corrected chi connectivity index (χ2v) is 7.56. The Balaban J connectivity index is 3.44. The smallest absolute Gasteiger partial charge is 0.219 e. The van der Waals surface area contributed by atoms with Crippen LogP contribution in [-0.2, 0) is 9.59 Å². The topological polar surface area (TPSA) is 82.3 Å². The summed E-state index contributed by atoms with van der Waals surface area (Å²) in [5.74, 6) is 0.238. The van der Waals surface area contributed by atoms with Crippen LogP contribution in [0.25, 0.3) is 0 Å². The molecular formula is C20H38N4O2S2. The summed E-state index contributed by atoms with van der Waals surface area (Å²) in [7, 11) is 0. The normalized spacial score (nSPS) is 10.2. The van der Waals surface area contributed by atoms with Crippen LogP contribution in [0.5, 0.6) is 0 Å². The highest BCUT2D eigenvalue weighted by molar-refractivity contribution is 7.89. The van der Waals surface area contributed by atoms with Crippen molar-refractivity contribution in [1.82, 2.24) is 21.3 Å². The van der Waals surface area contributed by atoms with E-state index in [9.17, 15) is 9.59 Å². The van der Waals surface area contributed by atoms with Crippen molar-refractivity contribution in [2.24, 2.45) is 0 Å². The number of amides is 2. The SMILES string of the molecule is CCC(=O)NCCCCCCNC(=S)C(=S)NCCCCCCNC(=O)CC. The lowest BCUT2D eigenvalue weighted by Crippen LogP contribution is -2.38. The van der Waals surface area contributed by atoms with Crippen molar-refractivity contribution in [3.8, 4) is 0 Å². The Labute approximate surface area is 181 Å². The molecule has 0 aromatic heterocycles. The van der Waals surface area contributed by atoms with E-state index in [-0.39, 0.29) is 11.8 Å². The minimum atomic E-state index is 0.119. The van der Waals surface area contributed by atoms with E-state index in [4.69, 9.17) is 24.4 Å². The first-order chi connectivity index (χ1) is 13.5. The number of hydrogen-bond acceptors (Lipinski definition) is 4. The van der Waals surface area contributed by atoms with Crippen molar-refractivity contribution in [1.29, 1.82) is 0 Å². The van der Waals surface area contributed by atoms with Gasteiger partial charge in [0, 0.05) is 39.0 Å². The van der Waals surface area contributed by atoms with E-state index in [0.717, 1.165) is 77.5 Å². The maximum atomic E-state index is 11.1. The second-order valence-electron chi connectivity index (χ2n) is 6.75. The molecule has 0 aromatic rings. The molecule has 0 saturated heterocycles. The first-order valence-electron chi connectivity index (χ1n) is 10.6. The largest absolute Gasteiger partial charge is 0.374 e.